The summed E-state index contributed by atoms with van der Waals surface area (Å²) in [4.78, 5) is 26.1. The Hall–Kier alpha value is -2.93. The van der Waals surface area contributed by atoms with Gasteiger partial charge in [-0.05, 0) is 58.8 Å². The van der Waals surface area contributed by atoms with E-state index in [-0.39, 0.29) is 17.7 Å². The highest BCUT2D eigenvalue weighted by molar-refractivity contribution is 6.32. The van der Waals surface area contributed by atoms with Crippen LogP contribution in [0.4, 0.5) is 5.69 Å². The zero-order chi connectivity index (χ0) is 20.7. The maximum atomic E-state index is 12.3. The fourth-order valence-electron chi connectivity index (χ4n) is 4.62. The quantitative estimate of drug-likeness (QED) is 0.643. The molecule has 1 atom stereocenters. The third-order valence-electron chi connectivity index (χ3n) is 6.21. The van der Waals surface area contributed by atoms with Crippen molar-refractivity contribution in [1.82, 2.24) is 15.6 Å². The number of carbonyl (C=O) groups is 2. The first kappa shape index (κ1) is 19.1. The SMILES string of the molecule is O=C1CCC(c2cccc(C3CCN(c4cccc5nonc45)CC3)c2Cl)C(=O)N1. The average molecular weight is 425 g/mol. The van der Waals surface area contributed by atoms with Crippen molar-refractivity contribution in [3.8, 4) is 0 Å². The molecule has 2 amide bonds. The molecular weight excluding hydrogens is 404 g/mol. The molecule has 5 rings (SSSR count). The van der Waals surface area contributed by atoms with Crippen molar-refractivity contribution in [3.63, 3.8) is 0 Å². The van der Waals surface area contributed by atoms with Gasteiger partial charge in [-0.15, -0.1) is 0 Å². The summed E-state index contributed by atoms with van der Waals surface area (Å²) in [6.45, 7) is 1.74. The van der Waals surface area contributed by atoms with E-state index in [1.165, 1.54) is 0 Å². The highest BCUT2D eigenvalue weighted by Crippen LogP contribution is 2.39. The number of hydrogen-bond acceptors (Lipinski definition) is 6. The molecule has 7 nitrogen and oxygen atoms in total. The lowest BCUT2D eigenvalue weighted by molar-refractivity contribution is -0.134. The Bertz CT molecular complexity index is 1120. The van der Waals surface area contributed by atoms with Gasteiger partial charge in [0.2, 0.25) is 11.8 Å². The van der Waals surface area contributed by atoms with E-state index in [1.54, 1.807) is 0 Å². The van der Waals surface area contributed by atoms with Gasteiger partial charge in [0.1, 0.15) is 5.52 Å². The van der Waals surface area contributed by atoms with Crippen LogP contribution in [0, 0.1) is 0 Å². The number of nitrogens with one attached hydrogen (secondary N) is 1. The molecular formula is C22H21ClN4O3. The summed E-state index contributed by atoms with van der Waals surface area (Å²) in [5.41, 5.74) is 4.49. The van der Waals surface area contributed by atoms with E-state index in [2.05, 4.69) is 26.6 Å². The summed E-state index contributed by atoms with van der Waals surface area (Å²) in [6, 6.07) is 11.8. The molecule has 0 aliphatic carbocycles. The smallest absolute Gasteiger partial charge is 0.234 e. The van der Waals surface area contributed by atoms with Crippen molar-refractivity contribution in [3.05, 3.63) is 52.5 Å². The molecule has 1 aromatic heterocycles. The van der Waals surface area contributed by atoms with Crippen LogP contribution in [0.25, 0.3) is 11.0 Å². The Kier molecular flexibility index (Phi) is 4.90. The summed E-state index contributed by atoms with van der Waals surface area (Å²) in [7, 11) is 0. The second-order valence-corrected chi connectivity index (χ2v) is 8.30. The standard InChI is InChI=1S/C22H21ClN4O3/c23-20-14(3-1-4-15(20)16-7-8-19(28)24-22(16)29)13-9-11-27(12-10-13)18-6-2-5-17-21(18)26-30-25-17/h1-6,13,16H,7-12H2,(H,24,28,29). The second kappa shape index (κ2) is 7.72. The fraction of sp³-hybridized carbons (Fsp3) is 0.364. The summed E-state index contributed by atoms with van der Waals surface area (Å²) in [5, 5.41) is 11.1. The molecule has 0 spiro atoms. The van der Waals surface area contributed by atoms with Gasteiger partial charge in [0.25, 0.3) is 0 Å². The van der Waals surface area contributed by atoms with Crippen molar-refractivity contribution < 1.29 is 14.2 Å². The predicted octanol–water partition coefficient (Wildman–Crippen LogP) is 3.78. The largest absolute Gasteiger partial charge is 0.370 e. The number of amides is 2. The number of imide groups is 1. The van der Waals surface area contributed by atoms with E-state index in [9.17, 15) is 9.59 Å². The van der Waals surface area contributed by atoms with Crippen molar-refractivity contribution >= 4 is 40.1 Å². The van der Waals surface area contributed by atoms with E-state index in [0.717, 1.165) is 53.8 Å². The lowest BCUT2D eigenvalue weighted by Crippen LogP contribution is -2.39. The van der Waals surface area contributed by atoms with Gasteiger partial charge < -0.3 is 4.90 Å². The number of nitrogens with zero attached hydrogens (tertiary/aromatic N) is 3. The highest BCUT2D eigenvalue weighted by atomic mass is 35.5. The van der Waals surface area contributed by atoms with E-state index in [4.69, 9.17) is 16.2 Å². The fourth-order valence-corrected chi connectivity index (χ4v) is 5.03. The van der Waals surface area contributed by atoms with E-state index in [0.29, 0.717) is 23.8 Å². The van der Waals surface area contributed by atoms with Gasteiger partial charge in [-0.2, -0.15) is 0 Å². The first-order valence-electron chi connectivity index (χ1n) is 10.2. The third kappa shape index (κ3) is 3.33. The van der Waals surface area contributed by atoms with Crippen LogP contribution in [0.15, 0.2) is 41.0 Å². The number of fused-ring (bicyclic) bond motifs is 1. The Morgan fingerprint density at radius 3 is 2.57 bits per heavy atom. The molecule has 1 unspecified atom stereocenters. The second-order valence-electron chi connectivity index (χ2n) is 7.92. The Morgan fingerprint density at radius 1 is 1.00 bits per heavy atom. The van der Waals surface area contributed by atoms with Gasteiger partial charge in [-0.3, -0.25) is 14.9 Å². The number of anilines is 1. The van der Waals surface area contributed by atoms with Crippen LogP contribution >= 0.6 is 11.6 Å². The number of rotatable bonds is 3. The number of benzene rings is 2. The summed E-state index contributed by atoms with van der Waals surface area (Å²) >= 11 is 6.78. The van der Waals surface area contributed by atoms with Crippen molar-refractivity contribution in [2.45, 2.75) is 37.5 Å². The zero-order valence-electron chi connectivity index (χ0n) is 16.3. The van der Waals surface area contributed by atoms with Gasteiger partial charge >= 0.3 is 0 Å². The number of piperidine rings is 2. The monoisotopic (exact) mass is 424 g/mol. The van der Waals surface area contributed by atoms with Gasteiger partial charge in [0.15, 0.2) is 5.52 Å². The van der Waals surface area contributed by atoms with Crippen LogP contribution in [0.1, 0.15) is 48.6 Å². The minimum absolute atomic E-state index is 0.215. The molecule has 8 heteroatoms. The molecule has 2 aromatic carbocycles. The summed E-state index contributed by atoms with van der Waals surface area (Å²) < 4.78 is 4.89. The first-order valence-corrected chi connectivity index (χ1v) is 10.6. The highest BCUT2D eigenvalue weighted by Gasteiger charge is 2.31. The number of halogens is 1. The van der Waals surface area contributed by atoms with Gasteiger partial charge in [0.05, 0.1) is 11.6 Å². The molecule has 1 N–H and O–H groups in total. The Morgan fingerprint density at radius 2 is 1.77 bits per heavy atom. The minimum atomic E-state index is -0.368. The summed E-state index contributed by atoms with van der Waals surface area (Å²) in [5.74, 6) is -0.521. The molecule has 3 aromatic rings. The van der Waals surface area contributed by atoms with Crippen LogP contribution in [0.2, 0.25) is 5.02 Å². The minimum Gasteiger partial charge on any atom is -0.370 e. The van der Waals surface area contributed by atoms with E-state index >= 15 is 0 Å². The van der Waals surface area contributed by atoms with Crippen LogP contribution in [-0.4, -0.2) is 35.2 Å². The normalized spacial score (nSPS) is 20.6. The molecule has 3 heterocycles. The molecule has 2 aliphatic rings. The molecule has 0 radical (unpaired) electrons. The van der Waals surface area contributed by atoms with Crippen LogP contribution in [-0.2, 0) is 9.59 Å². The van der Waals surface area contributed by atoms with E-state index < -0.39 is 0 Å². The maximum Gasteiger partial charge on any atom is 0.234 e. The maximum absolute atomic E-state index is 12.3. The molecule has 154 valence electrons. The third-order valence-corrected chi connectivity index (χ3v) is 6.65. The molecule has 2 saturated heterocycles. The van der Waals surface area contributed by atoms with Crippen molar-refractivity contribution in [2.24, 2.45) is 0 Å². The Balaban J connectivity index is 1.35. The first-order chi connectivity index (χ1) is 14.6. The molecule has 2 fully saturated rings. The summed E-state index contributed by atoms with van der Waals surface area (Å²) in [6.07, 6.45) is 2.74. The molecule has 0 bridgehead atoms. The average Bonchev–Trinajstić information content (AvgIpc) is 3.24. The molecule has 0 saturated carbocycles. The zero-order valence-corrected chi connectivity index (χ0v) is 17.1. The van der Waals surface area contributed by atoms with Crippen molar-refractivity contribution in [2.75, 3.05) is 18.0 Å². The number of carbonyl (C=O) groups excluding carboxylic acids is 2. The van der Waals surface area contributed by atoms with Gasteiger partial charge in [0, 0.05) is 24.5 Å². The molecule has 30 heavy (non-hydrogen) atoms. The predicted molar refractivity (Wildman–Crippen MR) is 113 cm³/mol. The van der Waals surface area contributed by atoms with Crippen LogP contribution < -0.4 is 10.2 Å². The van der Waals surface area contributed by atoms with Gasteiger partial charge in [-0.25, -0.2) is 4.63 Å². The number of aromatic nitrogens is 2. The Labute approximate surface area is 178 Å². The van der Waals surface area contributed by atoms with Crippen LogP contribution in [0.3, 0.4) is 0 Å². The lowest BCUT2D eigenvalue weighted by Gasteiger charge is -2.34. The molecule has 2 aliphatic heterocycles. The van der Waals surface area contributed by atoms with Crippen molar-refractivity contribution in [1.29, 1.82) is 0 Å². The van der Waals surface area contributed by atoms with Crippen LogP contribution in [0.5, 0.6) is 0 Å². The topological polar surface area (TPSA) is 88.3 Å². The number of hydrogen-bond donors (Lipinski definition) is 1. The van der Waals surface area contributed by atoms with Gasteiger partial charge in [-0.1, -0.05) is 35.9 Å². The lowest BCUT2D eigenvalue weighted by atomic mass is 9.84. The van der Waals surface area contributed by atoms with E-state index in [1.807, 2.05) is 30.3 Å².